The van der Waals surface area contributed by atoms with Crippen molar-refractivity contribution in [1.29, 1.82) is 0 Å². The smallest absolute Gasteiger partial charge is 0.258 e. The third-order valence-corrected chi connectivity index (χ3v) is 5.72. The number of piperidine rings is 1. The zero-order chi connectivity index (χ0) is 21.6. The number of carbonyl (C=O) groups is 2. The standard InChI is InChI=1S/C24H28N4O3/c1-18-11-13-27(14-12-18)24(30)16-28-21-10-6-5-9-20(21)26-22(28)15-25-23(29)17-31-19-7-3-2-4-8-19/h2-10,18H,11-17H2,1H3,(H,25,29). The van der Waals surface area contributed by atoms with Gasteiger partial charge < -0.3 is 19.5 Å². The molecule has 1 aliphatic heterocycles. The van der Waals surface area contributed by atoms with E-state index >= 15 is 0 Å². The molecule has 1 fully saturated rings. The van der Waals surface area contributed by atoms with Crippen LogP contribution in [0, 0.1) is 5.92 Å². The fraction of sp³-hybridized carbons (Fsp3) is 0.375. The van der Waals surface area contributed by atoms with Gasteiger partial charge in [-0.3, -0.25) is 9.59 Å². The SMILES string of the molecule is CC1CCN(C(=O)Cn2c(CNC(=O)COc3ccccc3)nc3ccccc32)CC1. The van der Waals surface area contributed by atoms with Gasteiger partial charge in [0.25, 0.3) is 5.91 Å². The summed E-state index contributed by atoms with van der Waals surface area (Å²) in [5.74, 6) is 1.83. The lowest BCUT2D eigenvalue weighted by Gasteiger charge is -2.30. The van der Waals surface area contributed by atoms with Crippen LogP contribution in [-0.2, 0) is 22.7 Å². The third kappa shape index (κ3) is 5.23. The number of hydrogen-bond acceptors (Lipinski definition) is 4. The van der Waals surface area contributed by atoms with Crippen LogP contribution in [0.4, 0.5) is 0 Å². The Hall–Kier alpha value is -3.35. The monoisotopic (exact) mass is 420 g/mol. The largest absolute Gasteiger partial charge is 0.484 e. The van der Waals surface area contributed by atoms with Crippen LogP contribution < -0.4 is 10.1 Å². The number of nitrogens with one attached hydrogen (secondary N) is 1. The molecule has 0 radical (unpaired) electrons. The molecule has 1 saturated heterocycles. The van der Waals surface area contributed by atoms with Gasteiger partial charge in [-0.15, -0.1) is 0 Å². The molecule has 1 N–H and O–H groups in total. The molecule has 0 aliphatic carbocycles. The second kappa shape index (κ2) is 9.64. The van der Waals surface area contributed by atoms with Crippen LogP contribution in [0.1, 0.15) is 25.6 Å². The van der Waals surface area contributed by atoms with Crippen LogP contribution in [-0.4, -0.2) is 46.0 Å². The summed E-state index contributed by atoms with van der Waals surface area (Å²) in [5, 5.41) is 2.86. The highest BCUT2D eigenvalue weighted by Gasteiger charge is 2.22. The molecule has 0 unspecified atom stereocenters. The lowest BCUT2D eigenvalue weighted by molar-refractivity contribution is -0.133. The molecule has 0 saturated carbocycles. The number of para-hydroxylation sites is 3. The van der Waals surface area contributed by atoms with E-state index in [0.29, 0.717) is 17.5 Å². The molecule has 0 bridgehead atoms. The van der Waals surface area contributed by atoms with Crippen LogP contribution in [0.2, 0.25) is 0 Å². The van der Waals surface area contributed by atoms with E-state index in [1.807, 2.05) is 51.9 Å². The maximum atomic E-state index is 12.9. The maximum Gasteiger partial charge on any atom is 0.258 e. The Balaban J connectivity index is 1.42. The van der Waals surface area contributed by atoms with E-state index in [1.165, 1.54) is 0 Å². The minimum atomic E-state index is -0.237. The second-order valence-corrected chi connectivity index (χ2v) is 8.04. The van der Waals surface area contributed by atoms with Crippen molar-refractivity contribution in [3.8, 4) is 5.75 Å². The number of ether oxygens (including phenoxy) is 1. The zero-order valence-corrected chi connectivity index (χ0v) is 17.8. The number of amides is 2. The van der Waals surface area contributed by atoms with E-state index in [9.17, 15) is 9.59 Å². The Morgan fingerprint density at radius 3 is 2.55 bits per heavy atom. The highest BCUT2D eigenvalue weighted by molar-refractivity contribution is 5.81. The van der Waals surface area contributed by atoms with Gasteiger partial charge in [-0.2, -0.15) is 0 Å². The molecule has 1 aliphatic rings. The van der Waals surface area contributed by atoms with Crippen molar-refractivity contribution in [2.45, 2.75) is 32.9 Å². The third-order valence-electron chi connectivity index (χ3n) is 5.72. The van der Waals surface area contributed by atoms with Crippen molar-refractivity contribution < 1.29 is 14.3 Å². The first-order chi connectivity index (χ1) is 15.1. The Labute approximate surface area is 182 Å². The summed E-state index contributed by atoms with van der Waals surface area (Å²) in [6.45, 7) is 4.21. The fourth-order valence-electron chi connectivity index (χ4n) is 3.82. The average molecular weight is 421 g/mol. The summed E-state index contributed by atoms with van der Waals surface area (Å²) in [7, 11) is 0. The Morgan fingerprint density at radius 2 is 1.77 bits per heavy atom. The van der Waals surface area contributed by atoms with E-state index in [0.717, 1.165) is 37.0 Å². The Bertz CT molecular complexity index is 1040. The van der Waals surface area contributed by atoms with Crippen LogP contribution >= 0.6 is 0 Å². The van der Waals surface area contributed by atoms with Gasteiger partial charge in [0.1, 0.15) is 18.1 Å². The molecule has 0 spiro atoms. The van der Waals surface area contributed by atoms with Gasteiger partial charge in [-0.25, -0.2) is 4.98 Å². The van der Waals surface area contributed by atoms with Gasteiger partial charge in [0.2, 0.25) is 5.91 Å². The van der Waals surface area contributed by atoms with Gasteiger partial charge in [-0.05, 0) is 43.0 Å². The van der Waals surface area contributed by atoms with Gasteiger partial charge in [0.15, 0.2) is 6.61 Å². The molecular weight excluding hydrogens is 392 g/mol. The van der Waals surface area contributed by atoms with Crippen LogP contribution in [0.15, 0.2) is 54.6 Å². The number of aromatic nitrogens is 2. The summed E-state index contributed by atoms with van der Waals surface area (Å²) < 4.78 is 7.41. The number of rotatable bonds is 7. The van der Waals surface area contributed by atoms with Crippen molar-refractivity contribution in [3.63, 3.8) is 0 Å². The van der Waals surface area contributed by atoms with E-state index < -0.39 is 0 Å². The number of benzene rings is 2. The van der Waals surface area contributed by atoms with Crippen molar-refractivity contribution in [2.75, 3.05) is 19.7 Å². The number of fused-ring (bicyclic) bond motifs is 1. The summed E-state index contributed by atoms with van der Waals surface area (Å²) in [6, 6.07) is 16.9. The topological polar surface area (TPSA) is 76.5 Å². The minimum absolute atomic E-state index is 0.0743. The normalized spacial score (nSPS) is 14.5. The lowest BCUT2D eigenvalue weighted by Crippen LogP contribution is -2.40. The van der Waals surface area contributed by atoms with Crippen molar-refractivity contribution in [2.24, 2.45) is 5.92 Å². The van der Waals surface area contributed by atoms with E-state index in [4.69, 9.17) is 4.74 Å². The Kier molecular flexibility index (Phi) is 6.50. The predicted octanol–water partition coefficient (Wildman–Crippen LogP) is 2.99. The molecule has 2 amide bonds. The molecule has 1 aromatic heterocycles. The van der Waals surface area contributed by atoms with Crippen molar-refractivity contribution >= 4 is 22.8 Å². The second-order valence-electron chi connectivity index (χ2n) is 8.04. The molecule has 4 rings (SSSR count). The molecule has 31 heavy (non-hydrogen) atoms. The first-order valence-electron chi connectivity index (χ1n) is 10.8. The van der Waals surface area contributed by atoms with E-state index in [1.54, 1.807) is 12.1 Å². The molecule has 7 heteroatoms. The number of carbonyl (C=O) groups excluding carboxylic acids is 2. The highest BCUT2D eigenvalue weighted by atomic mass is 16.5. The van der Waals surface area contributed by atoms with Crippen LogP contribution in [0.25, 0.3) is 11.0 Å². The highest BCUT2D eigenvalue weighted by Crippen LogP contribution is 2.19. The number of hydrogen-bond donors (Lipinski definition) is 1. The molecule has 2 aromatic carbocycles. The maximum absolute atomic E-state index is 12.9. The molecule has 3 aromatic rings. The Morgan fingerprint density at radius 1 is 1.06 bits per heavy atom. The van der Waals surface area contributed by atoms with E-state index in [2.05, 4.69) is 17.2 Å². The van der Waals surface area contributed by atoms with Gasteiger partial charge in [0.05, 0.1) is 17.6 Å². The molecular formula is C24H28N4O3. The average Bonchev–Trinajstić information content (AvgIpc) is 3.14. The van der Waals surface area contributed by atoms with Crippen LogP contribution in [0.3, 0.4) is 0 Å². The summed E-state index contributed by atoms with van der Waals surface area (Å²) in [6.07, 6.45) is 2.08. The van der Waals surface area contributed by atoms with Crippen molar-refractivity contribution in [3.05, 3.63) is 60.4 Å². The van der Waals surface area contributed by atoms with Gasteiger partial charge in [-0.1, -0.05) is 37.3 Å². The minimum Gasteiger partial charge on any atom is -0.484 e. The molecule has 2 heterocycles. The summed E-state index contributed by atoms with van der Waals surface area (Å²) in [4.78, 5) is 31.8. The van der Waals surface area contributed by atoms with E-state index in [-0.39, 0.29) is 31.5 Å². The number of nitrogens with zero attached hydrogens (tertiary/aromatic N) is 3. The lowest BCUT2D eigenvalue weighted by atomic mass is 9.99. The first-order valence-corrected chi connectivity index (χ1v) is 10.8. The van der Waals surface area contributed by atoms with Crippen molar-refractivity contribution in [1.82, 2.24) is 19.8 Å². The summed E-state index contributed by atoms with van der Waals surface area (Å²) >= 11 is 0. The molecule has 7 nitrogen and oxygen atoms in total. The first kappa shape index (κ1) is 20.9. The number of likely N-dealkylation sites (tertiary alicyclic amines) is 1. The van der Waals surface area contributed by atoms with Crippen LogP contribution in [0.5, 0.6) is 5.75 Å². The molecule has 162 valence electrons. The predicted molar refractivity (Wildman–Crippen MR) is 118 cm³/mol. The zero-order valence-electron chi connectivity index (χ0n) is 17.8. The quantitative estimate of drug-likeness (QED) is 0.638. The molecule has 0 atom stereocenters. The van der Waals surface area contributed by atoms with Gasteiger partial charge in [0, 0.05) is 13.1 Å². The summed E-state index contributed by atoms with van der Waals surface area (Å²) in [5.41, 5.74) is 1.71. The number of imidazole rings is 1. The van der Waals surface area contributed by atoms with Gasteiger partial charge >= 0.3 is 0 Å². The fourth-order valence-corrected chi connectivity index (χ4v) is 3.82.